The lowest BCUT2D eigenvalue weighted by Gasteiger charge is -2.32. The summed E-state index contributed by atoms with van der Waals surface area (Å²) in [7, 11) is 0. The maximum Gasteiger partial charge on any atom is 0.225 e. The molecule has 1 aromatic heterocycles. The maximum absolute atomic E-state index is 11.6. The summed E-state index contributed by atoms with van der Waals surface area (Å²) in [6.07, 6.45) is 2.53. The van der Waals surface area contributed by atoms with Crippen molar-refractivity contribution in [3.63, 3.8) is 0 Å². The molecule has 3 rings (SSSR count). The lowest BCUT2D eigenvalue weighted by molar-refractivity contribution is -0.133. The van der Waals surface area contributed by atoms with Crippen LogP contribution < -0.4 is 5.73 Å². The second kappa shape index (κ2) is 4.18. The van der Waals surface area contributed by atoms with Gasteiger partial charge in [-0.05, 0) is 19.4 Å². The Hall–Kier alpha value is -2.14. The van der Waals surface area contributed by atoms with E-state index in [1.807, 2.05) is 28.8 Å². The van der Waals surface area contributed by atoms with Crippen molar-refractivity contribution < 1.29 is 9.90 Å². The fourth-order valence-corrected chi connectivity index (χ4v) is 2.74. The SMILES string of the molecule is CC(C)(C(N)=O)[C@H](O)[C@H]1c2ccccc2-c2cncn21. The summed E-state index contributed by atoms with van der Waals surface area (Å²) in [6.45, 7) is 3.33. The molecular formula is C15H17N3O2. The number of aliphatic hydroxyl groups excluding tert-OH is 1. The van der Waals surface area contributed by atoms with Gasteiger partial charge in [-0.25, -0.2) is 4.98 Å². The summed E-state index contributed by atoms with van der Waals surface area (Å²) < 4.78 is 1.90. The van der Waals surface area contributed by atoms with Gasteiger partial charge >= 0.3 is 0 Å². The van der Waals surface area contributed by atoms with Gasteiger partial charge in [0.2, 0.25) is 5.91 Å². The fourth-order valence-electron chi connectivity index (χ4n) is 2.74. The molecule has 104 valence electrons. The summed E-state index contributed by atoms with van der Waals surface area (Å²) in [5, 5.41) is 10.7. The first-order chi connectivity index (χ1) is 9.44. The molecule has 2 atom stereocenters. The van der Waals surface area contributed by atoms with Crippen LogP contribution in [0.4, 0.5) is 0 Å². The highest BCUT2D eigenvalue weighted by molar-refractivity contribution is 5.81. The molecule has 0 aliphatic carbocycles. The number of aromatic nitrogens is 2. The molecule has 1 aliphatic rings. The van der Waals surface area contributed by atoms with Crippen molar-refractivity contribution in [2.45, 2.75) is 26.0 Å². The van der Waals surface area contributed by atoms with E-state index in [4.69, 9.17) is 5.73 Å². The molecule has 3 N–H and O–H groups in total. The van der Waals surface area contributed by atoms with Crippen LogP contribution in [-0.2, 0) is 4.79 Å². The first-order valence-corrected chi connectivity index (χ1v) is 6.53. The minimum absolute atomic E-state index is 0.341. The lowest BCUT2D eigenvalue weighted by atomic mass is 9.80. The van der Waals surface area contributed by atoms with E-state index in [0.29, 0.717) is 0 Å². The third kappa shape index (κ3) is 1.59. The average molecular weight is 271 g/mol. The number of carbonyl (C=O) groups is 1. The second-order valence-electron chi connectivity index (χ2n) is 5.75. The van der Waals surface area contributed by atoms with Crippen molar-refractivity contribution in [3.05, 3.63) is 42.4 Å². The minimum atomic E-state index is -1.02. The van der Waals surface area contributed by atoms with Crippen molar-refractivity contribution in [2.24, 2.45) is 11.1 Å². The van der Waals surface area contributed by atoms with E-state index in [-0.39, 0.29) is 6.04 Å². The van der Waals surface area contributed by atoms with E-state index in [1.54, 1.807) is 26.4 Å². The van der Waals surface area contributed by atoms with Gasteiger partial charge < -0.3 is 15.4 Å². The monoisotopic (exact) mass is 271 g/mol. The second-order valence-corrected chi connectivity index (χ2v) is 5.75. The molecule has 0 saturated heterocycles. The van der Waals surface area contributed by atoms with Gasteiger partial charge in [0.15, 0.2) is 0 Å². The number of fused-ring (bicyclic) bond motifs is 3. The molecule has 2 aromatic rings. The molecule has 0 unspecified atom stereocenters. The fraction of sp³-hybridized carbons (Fsp3) is 0.333. The normalized spacial score (nSPS) is 18.4. The Morgan fingerprint density at radius 3 is 2.85 bits per heavy atom. The molecule has 1 aliphatic heterocycles. The number of hydrogen-bond acceptors (Lipinski definition) is 3. The molecular weight excluding hydrogens is 254 g/mol. The largest absolute Gasteiger partial charge is 0.389 e. The van der Waals surface area contributed by atoms with Crippen molar-refractivity contribution in [1.82, 2.24) is 9.55 Å². The van der Waals surface area contributed by atoms with Crippen LogP contribution in [-0.4, -0.2) is 26.7 Å². The zero-order chi connectivity index (χ0) is 14.5. The molecule has 0 bridgehead atoms. The van der Waals surface area contributed by atoms with E-state index in [0.717, 1.165) is 16.8 Å². The Morgan fingerprint density at radius 2 is 2.15 bits per heavy atom. The number of imidazole rings is 1. The van der Waals surface area contributed by atoms with Gasteiger partial charge in [-0.1, -0.05) is 24.3 Å². The zero-order valence-electron chi connectivity index (χ0n) is 11.4. The minimum Gasteiger partial charge on any atom is -0.389 e. The predicted molar refractivity (Wildman–Crippen MR) is 74.8 cm³/mol. The average Bonchev–Trinajstić information content (AvgIpc) is 2.97. The van der Waals surface area contributed by atoms with Crippen LogP contribution in [0.1, 0.15) is 25.5 Å². The number of hydrogen-bond donors (Lipinski definition) is 2. The molecule has 0 fully saturated rings. The number of aliphatic hydroxyl groups is 1. The van der Waals surface area contributed by atoms with Gasteiger partial charge in [-0.3, -0.25) is 4.79 Å². The van der Waals surface area contributed by atoms with E-state index in [2.05, 4.69) is 4.98 Å². The highest BCUT2D eigenvalue weighted by atomic mass is 16.3. The lowest BCUT2D eigenvalue weighted by Crippen LogP contribution is -2.45. The van der Waals surface area contributed by atoms with Crippen LogP contribution in [0.15, 0.2) is 36.8 Å². The summed E-state index contributed by atoms with van der Waals surface area (Å²) in [5.41, 5.74) is 7.38. The molecule has 5 heteroatoms. The van der Waals surface area contributed by atoms with Gasteiger partial charge in [0.05, 0.1) is 35.8 Å². The summed E-state index contributed by atoms with van der Waals surface area (Å²) in [4.78, 5) is 15.8. The highest BCUT2D eigenvalue weighted by Gasteiger charge is 2.44. The van der Waals surface area contributed by atoms with Gasteiger partial charge in [0.1, 0.15) is 0 Å². The molecule has 2 heterocycles. The van der Waals surface area contributed by atoms with Crippen molar-refractivity contribution in [1.29, 1.82) is 0 Å². The number of rotatable bonds is 3. The summed E-state index contributed by atoms with van der Waals surface area (Å²) in [5.74, 6) is -0.518. The molecule has 0 spiro atoms. The van der Waals surface area contributed by atoms with Gasteiger partial charge in [0, 0.05) is 5.56 Å². The number of amides is 1. The third-order valence-corrected chi connectivity index (χ3v) is 4.19. The van der Waals surface area contributed by atoms with Gasteiger partial charge in [-0.2, -0.15) is 0 Å². The molecule has 1 amide bonds. The van der Waals surface area contributed by atoms with Crippen LogP contribution in [0.5, 0.6) is 0 Å². The Bertz CT molecular complexity index is 675. The number of nitrogens with two attached hydrogens (primary N) is 1. The third-order valence-electron chi connectivity index (χ3n) is 4.19. The van der Waals surface area contributed by atoms with Crippen LogP contribution in [0, 0.1) is 5.41 Å². The maximum atomic E-state index is 11.6. The Kier molecular flexibility index (Phi) is 2.69. The summed E-state index contributed by atoms with van der Waals surface area (Å²) in [6, 6.07) is 7.49. The van der Waals surface area contributed by atoms with E-state index >= 15 is 0 Å². The Morgan fingerprint density at radius 1 is 1.45 bits per heavy atom. The van der Waals surface area contributed by atoms with E-state index in [1.165, 1.54) is 0 Å². The molecule has 1 aromatic carbocycles. The van der Waals surface area contributed by atoms with Crippen molar-refractivity contribution >= 4 is 5.91 Å². The standard InChI is InChI=1S/C15H17N3O2/c1-15(2,14(16)20)13(19)12-10-6-4-3-5-9(10)11-7-17-8-18(11)12/h3-8,12-13,19H,1-2H3,(H2,16,20)/t12-,13-/m1/s1. The van der Waals surface area contributed by atoms with Gasteiger partial charge in [0.25, 0.3) is 0 Å². The van der Waals surface area contributed by atoms with Crippen LogP contribution in [0.2, 0.25) is 0 Å². The van der Waals surface area contributed by atoms with E-state index in [9.17, 15) is 9.90 Å². The Balaban J connectivity index is 2.14. The number of nitrogens with zero attached hydrogens (tertiary/aromatic N) is 2. The van der Waals surface area contributed by atoms with Crippen LogP contribution in [0.25, 0.3) is 11.3 Å². The van der Waals surface area contributed by atoms with Crippen molar-refractivity contribution in [3.8, 4) is 11.3 Å². The number of benzene rings is 1. The Labute approximate surface area is 117 Å². The van der Waals surface area contributed by atoms with E-state index < -0.39 is 17.4 Å². The molecule has 5 nitrogen and oxygen atoms in total. The molecule has 0 saturated carbocycles. The molecule has 20 heavy (non-hydrogen) atoms. The summed E-state index contributed by atoms with van der Waals surface area (Å²) >= 11 is 0. The van der Waals surface area contributed by atoms with Crippen LogP contribution in [0.3, 0.4) is 0 Å². The van der Waals surface area contributed by atoms with Crippen molar-refractivity contribution in [2.75, 3.05) is 0 Å². The smallest absolute Gasteiger partial charge is 0.225 e. The molecule has 0 radical (unpaired) electrons. The zero-order valence-corrected chi connectivity index (χ0v) is 11.4. The predicted octanol–water partition coefficient (Wildman–Crippen LogP) is 1.33. The number of primary amides is 1. The first-order valence-electron chi connectivity index (χ1n) is 6.53. The first kappa shape index (κ1) is 12.9. The van der Waals surface area contributed by atoms with Crippen LogP contribution >= 0.6 is 0 Å². The quantitative estimate of drug-likeness (QED) is 0.883. The highest BCUT2D eigenvalue weighted by Crippen LogP contribution is 2.44. The topological polar surface area (TPSA) is 81.1 Å². The van der Waals surface area contributed by atoms with Gasteiger partial charge in [-0.15, -0.1) is 0 Å². The number of carbonyl (C=O) groups excluding carboxylic acids is 1.